The molecular formula is C25H25N3O7. The van der Waals surface area contributed by atoms with Crippen molar-refractivity contribution < 1.29 is 28.8 Å². The van der Waals surface area contributed by atoms with Gasteiger partial charge >= 0.3 is 6.03 Å². The van der Waals surface area contributed by atoms with E-state index in [0.29, 0.717) is 22.6 Å². The second-order valence-corrected chi connectivity index (χ2v) is 8.41. The molecular weight excluding hydrogens is 454 g/mol. The van der Waals surface area contributed by atoms with E-state index in [2.05, 4.69) is 5.32 Å². The highest BCUT2D eigenvalue weighted by molar-refractivity contribution is 6.31. The number of nitrogens with one attached hydrogen (secondary N) is 1. The zero-order valence-corrected chi connectivity index (χ0v) is 19.2. The van der Waals surface area contributed by atoms with Crippen molar-refractivity contribution in [3.8, 4) is 11.5 Å². The van der Waals surface area contributed by atoms with Gasteiger partial charge in [0.1, 0.15) is 12.2 Å². The van der Waals surface area contributed by atoms with Crippen LogP contribution in [-0.2, 0) is 16.2 Å². The fourth-order valence-electron chi connectivity index (χ4n) is 4.32. The Labute approximate surface area is 201 Å². The van der Waals surface area contributed by atoms with Gasteiger partial charge in [-0.2, -0.15) is 0 Å². The minimum absolute atomic E-state index is 0.0313. The van der Waals surface area contributed by atoms with Crippen molar-refractivity contribution in [3.05, 3.63) is 69.3 Å². The predicted molar refractivity (Wildman–Crippen MR) is 126 cm³/mol. The number of barbiturate groups is 1. The Morgan fingerprint density at radius 3 is 2.57 bits per heavy atom. The van der Waals surface area contributed by atoms with Crippen LogP contribution >= 0.6 is 0 Å². The average molecular weight is 479 g/mol. The largest absolute Gasteiger partial charge is 0.493 e. The number of nitro groups is 1. The molecule has 10 nitrogen and oxygen atoms in total. The van der Waals surface area contributed by atoms with Gasteiger partial charge in [0.15, 0.2) is 11.5 Å². The molecule has 0 radical (unpaired) electrons. The third-order valence-electron chi connectivity index (χ3n) is 6.09. The van der Waals surface area contributed by atoms with Crippen LogP contribution in [0.25, 0.3) is 6.08 Å². The Morgan fingerprint density at radius 1 is 1.09 bits per heavy atom. The summed E-state index contributed by atoms with van der Waals surface area (Å²) in [4.78, 5) is 49.6. The molecule has 1 saturated carbocycles. The number of nitro benzene ring substituents is 1. The maximum absolute atomic E-state index is 13.1. The van der Waals surface area contributed by atoms with Crippen molar-refractivity contribution in [2.75, 3.05) is 7.11 Å². The lowest BCUT2D eigenvalue weighted by Gasteiger charge is -2.35. The minimum atomic E-state index is -0.739. The number of benzene rings is 2. The summed E-state index contributed by atoms with van der Waals surface area (Å²) in [5.74, 6) is -0.596. The van der Waals surface area contributed by atoms with Crippen molar-refractivity contribution in [3.63, 3.8) is 0 Å². The van der Waals surface area contributed by atoms with Crippen molar-refractivity contribution in [1.29, 1.82) is 0 Å². The van der Waals surface area contributed by atoms with Crippen LogP contribution in [0.3, 0.4) is 0 Å². The number of urea groups is 1. The first kappa shape index (κ1) is 23.9. The van der Waals surface area contributed by atoms with Crippen molar-refractivity contribution in [2.45, 2.75) is 44.8 Å². The normalized spacial score (nSPS) is 17.9. The summed E-state index contributed by atoms with van der Waals surface area (Å²) in [6.45, 7) is 0.0812. The predicted octanol–water partition coefficient (Wildman–Crippen LogP) is 3.98. The molecule has 10 heteroatoms. The lowest BCUT2D eigenvalue weighted by Crippen LogP contribution is -2.58. The molecule has 4 rings (SSSR count). The fraction of sp³-hybridized carbons (Fsp3) is 0.320. The van der Waals surface area contributed by atoms with Crippen LogP contribution in [-0.4, -0.2) is 40.8 Å². The number of carbonyl (C=O) groups is 3. The van der Waals surface area contributed by atoms with E-state index < -0.39 is 22.8 Å². The highest BCUT2D eigenvalue weighted by atomic mass is 16.6. The number of methoxy groups -OCH3 is 1. The number of imide groups is 2. The molecule has 1 saturated heterocycles. The summed E-state index contributed by atoms with van der Waals surface area (Å²) in [6.07, 6.45) is 5.81. The zero-order chi connectivity index (χ0) is 24.9. The van der Waals surface area contributed by atoms with Crippen LogP contribution in [0.4, 0.5) is 10.5 Å². The molecule has 0 unspecified atom stereocenters. The van der Waals surface area contributed by atoms with Crippen molar-refractivity contribution >= 4 is 29.6 Å². The maximum Gasteiger partial charge on any atom is 0.331 e. The lowest BCUT2D eigenvalue weighted by molar-refractivity contribution is -0.384. The van der Waals surface area contributed by atoms with Crippen LogP contribution in [0.2, 0.25) is 0 Å². The van der Waals surface area contributed by atoms with Crippen molar-refractivity contribution in [2.24, 2.45) is 0 Å². The third kappa shape index (κ3) is 5.32. The third-order valence-corrected chi connectivity index (χ3v) is 6.09. The van der Waals surface area contributed by atoms with Crippen LogP contribution in [0.1, 0.15) is 43.2 Å². The zero-order valence-electron chi connectivity index (χ0n) is 19.2. The number of hydrogen-bond acceptors (Lipinski definition) is 7. The van der Waals surface area contributed by atoms with Crippen molar-refractivity contribution in [1.82, 2.24) is 10.2 Å². The van der Waals surface area contributed by atoms with E-state index in [0.717, 1.165) is 32.1 Å². The van der Waals surface area contributed by atoms with Gasteiger partial charge in [0, 0.05) is 18.2 Å². The Hall–Kier alpha value is -4.21. The van der Waals surface area contributed by atoms with Gasteiger partial charge in [0.05, 0.1) is 12.0 Å². The van der Waals surface area contributed by atoms with Gasteiger partial charge < -0.3 is 9.47 Å². The number of ether oxygens (including phenoxy) is 2. The van der Waals surface area contributed by atoms with E-state index in [1.54, 1.807) is 30.3 Å². The Kier molecular flexibility index (Phi) is 7.09. The van der Waals surface area contributed by atoms with Gasteiger partial charge in [-0.15, -0.1) is 0 Å². The summed E-state index contributed by atoms with van der Waals surface area (Å²) < 4.78 is 11.2. The molecule has 1 aliphatic carbocycles. The van der Waals surface area contributed by atoms with E-state index in [1.165, 1.54) is 30.2 Å². The van der Waals surface area contributed by atoms with Crippen LogP contribution < -0.4 is 14.8 Å². The van der Waals surface area contributed by atoms with E-state index in [9.17, 15) is 24.5 Å². The molecule has 2 aliphatic rings. The SMILES string of the molecule is COc1cc(C=C2C(=O)NC(=O)N(C3CCCCC3)C2=O)ccc1OCc1cccc([N+](=O)[O-])c1. The van der Waals surface area contributed by atoms with Gasteiger partial charge in [-0.3, -0.25) is 29.9 Å². The van der Waals surface area contributed by atoms with Crippen LogP contribution in [0.5, 0.6) is 11.5 Å². The molecule has 0 atom stereocenters. The standard InChI is InChI=1S/C25H25N3O7/c1-34-22-14-16(10-11-21(22)35-15-17-6-5-9-19(12-17)28(32)33)13-20-23(29)26-25(31)27(24(20)30)18-7-3-2-4-8-18/h5-6,9-14,18H,2-4,7-8,15H2,1H3,(H,26,29,31). The highest BCUT2D eigenvalue weighted by Crippen LogP contribution is 2.31. The number of hydrogen-bond donors (Lipinski definition) is 1. The number of carbonyl (C=O) groups excluding carboxylic acids is 3. The van der Waals surface area contributed by atoms with Gasteiger partial charge in [-0.05, 0) is 42.2 Å². The molecule has 2 fully saturated rings. The van der Waals surface area contributed by atoms with Gasteiger partial charge in [-0.25, -0.2) is 4.79 Å². The molecule has 1 aliphatic heterocycles. The molecule has 182 valence electrons. The smallest absolute Gasteiger partial charge is 0.331 e. The second-order valence-electron chi connectivity index (χ2n) is 8.41. The highest BCUT2D eigenvalue weighted by Gasteiger charge is 2.40. The topological polar surface area (TPSA) is 128 Å². The molecule has 1 heterocycles. The molecule has 4 amide bonds. The van der Waals surface area contributed by atoms with E-state index in [1.807, 2.05) is 0 Å². The number of rotatable bonds is 7. The first-order valence-electron chi connectivity index (χ1n) is 11.3. The van der Waals surface area contributed by atoms with Gasteiger partial charge in [-0.1, -0.05) is 37.5 Å². The van der Waals surface area contributed by atoms with Crippen LogP contribution in [0, 0.1) is 10.1 Å². The Bertz CT molecular complexity index is 1200. The summed E-state index contributed by atoms with van der Waals surface area (Å²) in [7, 11) is 1.45. The minimum Gasteiger partial charge on any atom is -0.493 e. The molecule has 2 aromatic carbocycles. The van der Waals surface area contributed by atoms with E-state index in [-0.39, 0.29) is 23.9 Å². The van der Waals surface area contributed by atoms with Crippen LogP contribution in [0.15, 0.2) is 48.0 Å². The summed E-state index contributed by atoms with van der Waals surface area (Å²) in [5, 5.41) is 13.2. The molecule has 35 heavy (non-hydrogen) atoms. The summed E-state index contributed by atoms with van der Waals surface area (Å²) in [5.41, 5.74) is 0.976. The summed E-state index contributed by atoms with van der Waals surface area (Å²) >= 11 is 0. The summed E-state index contributed by atoms with van der Waals surface area (Å²) in [6, 6.07) is 10.1. The number of amides is 4. The first-order valence-corrected chi connectivity index (χ1v) is 11.3. The van der Waals surface area contributed by atoms with E-state index in [4.69, 9.17) is 9.47 Å². The average Bonchev–Trinajstić information content (AvgIpc) is 2.86. The quantitative estimate of drug-likeness (QED) is 0.275. The first-order chi connectivity index (χ1) is 16.9. The maximum atomic E-state index is 13.1. The molecule has 0 spiro atoms. The number of nitrogens with zero attached hydrogens (tertiary/aromatic N) is 2. The van der Waals surface area contributed by atoms with E-state index >= 15 is 0 Å². The lowest BCUT2D eigenvalue weighted by atomic mass is 9.93. The fourth-order valence-corrected chi connectivity index (χ4v) is 4.32. The molecule has 0 aromatic heterocycles. The second kappa shape index (κ2) is 10.4. The molecule has 0 bridgehead atoms. The van der Waals surface area contributed by atoms with Gasteiger partial charge in [0.2, 0.25) is 0 Å². The number of non-ortho nitro benzene ring substituents is 1. The monoisotopic (exact) mass is 479 g/mol. The molecule has 1 N–H and O–H groups in total. The Morgan fingerprint density at radius 2 is 1.86 bits per heavy atom. The molecule has 2 aromatic rings. The van der Waals surface area contributed by atoms with Gasteiger partial charge in [0.25, 0.3) is 17.5 Å². The Balaban J connectivity index is 1.53.